The molecular formula is C22H25ClN4O3S. The summed E-state index contributed by atoms with van der Waals surface area (Å²) in [5, 5.41) is 3.35. The number of nitrogens with one attached hydrogen (secondary N) is 1. The first-order chi connectivity index (χ1) is 14.7. The van der Waals surface area contributed by atoms with Crippen LogP contribution in [0.25, 0.3) is 5.69 Å². The van der Waals surface area contributed by atoms with Crippen LogP contribution in [0.2, 0.25) is 5.02 Å². The molecule has 31 heavy (non-hydrogen) atoms. The van der Waals surface area contributed by atoms with Crippen molar-refractivity contribution in [1.82, 2.24) is 14.9 Å². The molecule has 0 fully saturated rings. The van der Waals surface area contributed by atoms with Gasteiger partial charge in [0.15, 0.2) is 0 Å². The van der Waals surface area contributed by atoms with Gasteiger partial charge in [-0.25, -0.2) is 13.4 Å². The first kappa shape index (κ1) is 22.8. The van der Waals surface area contributed by atoms with E-state index in [1.807, 2.05) is 42.0 Å². The lowest BCUT2D eigenvalue weighted by molar-refractivity contribution is -0.122. The normalized spacial score (nSPS) is 12.4. The highest BCUT2D eigenvalue weighted by Crippen LogP contribution is 2.24. The van der Waals surface area contributed by atoms with Gasteiger partial charge < -0.3 is 9.88 Å². The lowest BCUT2D eigenvalue weighted by Crippen LogP contribution is -2.49. The molecule has 1 amide bonds. The quantitative estimate of drug-likeness (QED) is 0.555. The van der Waals surface area contributed by atoms with Gasteiger partial charge in [-0.2, -0.15) is 0 Å². The van der Waals surface area contributed by atoms with Crippen molar-refractivity contribution in [2.45, 2.75) is 32.9 Å². The molecule has 0 aliphatic heterocycles. The fourth-order valence-electron chi connectivity index (χ4n) is 3.38. The number of sulfonamides is 1. The Morgan fingerprint density at radius 2 is 1.81 bits per heavy atom. The van der Waals surface area contributed by atoms with Crippen LogP contribution in [-0.4, -0.2) is 36.2 Å². The van der Waals surface area contributed by atoms with E-state index in [1.165, 1.54) is 0 Å². The second-order valence-corrected chi connectivity index (χ2v) is 9.48. The number of halogens is 1. The third-order valence-corrected chi connectivity index (χ3v) is 6.35. The summed E-state index contributed by atoms with van der Waals surface area (Å²) in [5.41, 5.74) is 2.28. The summed E-state index contributed by atoms with van der Waals surface area (Å²) in [6.45, 7) is 3.99. The number of nitrogens with zero attached hydrogens (tertiary/aromatic N) is 3. The highest BCUT2D eigenvalue weighted by Gasteiger charge is 2.31. The van der Waals surface area contributed by atoms with Crippen molar-refractivity contribution < 1.29 is 13.2 Å². The van der Waals surface area contributed by atoms with E-state index >= 15 is 0 Å². The van der Waals surface area contributed by atoms with Gasteiger partial charge in [0.05, 0.1) is 11.9 Å². The van der Waals surface area contributed by atoms with Crippen molar-refractivity contribution in [3.05, 3.63) is 77.3 Å². The molecule has 2 aromatic carbocycles. The Morgan fingerprint density at radius 1 is 1.16 bits per heavy atom. The first-order valence-corrected chi connectivity index (χ1v) is 12.0. The van der Waals surface area contributed by atoms with E-state index < -0.39 is 16.1 Å². The van der Waals surface area contributed by atoms with E-state index in [9.17, 15) is 13.2 Å². The average Bonchev–Trinajstić information content (AvgIpc) is 3.16. The lowest BCUT2D eigenvalue weighted by atomic mass is 10.1. The number of anilines is 1. The highest BCUT2D eigenvalue weighted by molar-refractivity contribution is 7.92. The molecule has 0 aliphatic carbocycles. The number of rotatable bonds is 8. The second kappa shape index (κ2) is 9.53. The van der Waals surface area contributed by atoms with Crippen LogP contribution in [0, 0.1) is 6.92 Å². The Morgan fingerprint density at radius 3 is 2.32 bits per heavy atom. The van der Waals surface area contributed by atoms with Crippen LogP contribution >= 0.6 is 11.6 Å². The minimum Gasteiger partial charge on any atom is -0.350 e. The topological polar surface area (TPSA) is 84.3 Å². The molecule has 9 heteroatoms. The Balaban J connectivity index is 1.74. The number of hydrogen-bond donors (Lipinski definition) is 1. The van der Waals surface area contributed by atoms with E-state index in [1.54, 1.807) is 37.4 Å². The van der Waals surface area contributed by atoms with Crippen LogP contribution in [-0.2, 0) is 21.4 Å². The molecule has 7 nitrogen and oxygen atoms in total. The zero-order valence-corrected chi connectivity index (χ0v) is 19.2. The molecule has 3 aromatic rings. The molecule has 0 bridgehead atoms. The summed E-state index contributed by atoms with van der Waals surface area (Å²) in [5.74, 6) is 0.521. The van der Waals surface area contributed by atoms with Crippen LogP contribution < -0.4 is 9.62 Å². The summed E-state index contributed by atoms with van der Waals surface area (Å²) in [6.07, 6.45) is 5.03. The number of hydrogen-bond acceptors (Lipinski definition) is 4. The smallest absolute Gasteiger partial charge is 0.244 e. The second-order valence-electron chi connectivity index (χ2n) is 7.19. The molecule has 0 saturated heterocycles. The maximum atomic E-state index is 12.9. The molecule has 1 heterocycles. The van der Waals surface area contributed by atoms with Gasteiger partial charge in [-0.05, 0) is 55.3 Å². The molecular weight excluding hydrogens is 436 g/mol. The molecule has 0 radical (unpaired) electrons. The number of imidazole rings is 1. The van der Waals surface area contributed by atoms with Crippen molar-refractivity contribution in [2.24, 2.45) is 0 Å². The minimum atomic E-state index is -3.68. The monoisotopic (exact) mass is 460 g/mol. The number of benzene rings is 2. The van der Waals surface area contributed by atoms with Crippen LogP contribution in [0.15, 0.2) is 60.9 Å². The van der Waals surface area contributed by atoms with E-state index in [4.69, 9.17) is 11.6 Å². The fraction of sp³-hybridized carbons (Fsp3) is 0.273. The lowest BCUT2D eigenvalue weighted by Gasteiger charge is -2.30. The van der Waals surface area contributed by atoms with Crippen molar-refractivity contribution >= 4 is 33.2 Å². The highest BCUT2D eigenvalue weighted by atomic mass is 35.5. The number of carbonyl (C=O) groups excluding carboxylic acids is 1. The summed E-state index contributed by atoms with van der Waals surface area (Å²) < 4.78 is 28.1. The standard InChI is InChI=1S/C22H25ClN4O3S/c1-4-21(27(31(3,29)30)20-11-7-18(23)8-12-20)22(28)25-15-17-5-9-19(10-6-17)26-14-13-24-16(26)2/h5-14,21H,4,15H2,1-3H3,(H,25,28)/t21-/m0/s1. The molecule has 1 aromatic heterocycles. The third kappa shape index (κ3) is 5.45. The molecule has 0 aliphatic rings. The van der Waals surface area contributed by atoms with Gasteiger partial charge in [-0.3, -0.25) is 9.10 Å². The molecule has 1 N–H and O–H groups in total. The molecule has 0 spiro atoms. The number of amides is 1. The van der Waals surface area contributed by atoms with Gasteiger partial charge in [0.25, 0.3) is 0 Å². The van der Waals surface area contributed by atoms with Crippen LogP contribution in [0.5, 0.6) is 0 Å². The maximum Gasteiger partial charge on any atom is 0.244 e. The van der Waals surface area contributed by atoms with Crippen molar-refractivity contribution in [3.63, 3.8) is 0 Å². The SMILES string of the molecule is CC[C@@H](C(=O)NCc1ccc(-n2ccnc2C)cc1)N(c1ccc(Cl)cc1)S(C)(=O)=O. The van der Waals surface area contributed by atoms with Crippen molar-refractivity contribution in [2.75, 3.05) is 10.6 Å². The Kier molecular flexibility index (Phi) is 7.02. The van der Waals surface area contributed by atoms with E-state index in [2.05, 4.69) is 10.3 Å². The molecule has 164 valence electrons. The van der Waals surface area contributed by atoms with E-state index in [0.717, 1.165) is 27.6 Å². The van der Waals surface area contributed by atoms with Crippen LogP contribution in [0.1, 0.15) is 24.7 Å². The van der Waals surface area contributed by atoms with Gasteiger partial charge in [0, 0.05) is 29.6 Å². The predicted molar refractivity (Wildman–Crippen MR) is 123 cm³/mol. The van der Waals surface area contributed by atoms with E-state index in [0.29, 0.717) is 17.1 Å². The average molecular weight is 461 g/mol. The first-order valence-electron chi connectivity index (χ1n) is 9.82. The van der Waals surface area contributed by atoms with Gasteiger partial charge in [-0.15, -0.1) is 0 Å². The number of aromatic nitrogens is 2. The Labute approximate surface area is 187 Å². The zero-order chi connectivity index (χ0) is 22.6. The van der Waals surface area contributed by atoms with Gasteiger partial charge >= 0.3 is 0 Å². The summed E-state index contributed by atoms with van der Waals surface area (Å²) in [6, 6.07) is 13.3. The predicted octanol–water partition coefficient (Wildman–Crippen LogP) is 3.70. The molecule has 1 atom stereocenters. The molecule has 0 saturated carbocycles. The van der Waals surface area contributed by atoms with Crippen molar-refractivity contribution in [3.8, 4) is 5.69 Å². The minimum absolute atomic E-state index is 0.288. The molecule has 0 unspecified atom stereocenters. The third-order valence-electron chi connectivity index (χ3n) is 4.92. The zero-order valence-electron chi connectivity index (χ0n) is 17.6. The maximum absolute atomic E-state index is 12.9. The summed E-state index contributed by atoms with van der Waals surface area (Å²) >= 11 is 5.92. The van der Waals surface area contributed by atoms with Gasteiger partial charge in [0.2, 0.25) is 15.9 Å². The molecule has 3 rings (SSSR count). The Hall–Kier alpha value is -2.84. The fourth-order valence-corrected chi connectivity index (χ4v) is 4.72. The number of aryl methyl sites for hydroxylation is 1. The van der Waals surface area contributed by atoms with Crippen LogP contribution in [0.3, 0.4) is 0 Å². The number of carbonyl (C=O) groups is 1. The van der Waals surface area contributed by atoms with Crippen molar-refractivity contribution in [1.29, 1.82) is 0 Å². The summed E-state index contributed by atoms with van der Waals surface area (Å²) in [7, 11) is -3.68. The van der Waals surface area contributed by atoms with Gasteiger partial charge in [0.1, 0.15) is 11.9 Å². The Bertz CT molecular complexity index is 1140. The van der Waals surface area contributed by atoms with Gasteiger partial charge in [-0.1, -0.05) is 30.7 Å². The largest absolute Gasteiger partial charge is 0.350 e. The van der Waals surface area contributed by atoms with E-state index in [-0.39, 0.29) is 12.5 Å². The van der Waals surface area contributed by atoms with Crippen LogP contribution in [0.4, 0.5) is 5.69 Å². The summed E-state index contributed by atoms with van der Waals surface area (Å²) in [4.78, 5) is 17.1.